The van der Waals surface area contributed by atoms with Crippen LogP contribution in [0.3, 0.4) is 0 Å². The van der Waals surface area contributed by atoms with Crippen LogP contribution in [0.15, 0.2) is 11.6 Å². The summed E-state index contributed by atoms with van der Waals surface area (Å²) < 4.78 is 5.86. The van der Waals surface area contributed by atoms with Crippen molar-refractivity contribution >= 4 is 5.97 Å². The molecule has 0 aliphatic heterocycles. The van der Waals surface area contributed by atoms with Crippen LogP contribution in [-0.4, -0.2) is 12.1 Å². The Kier molecular flexibility index (Phi) is 5.40. The molecule has 0 heterocycles. The van der Waals surface area contributed by atoms with E-state index in [0.29, 0.717) is 33.0 Å². The Balaban J connectivity index is 1.52. The van der Waals surface area contributed by atoms with Gasteiger partial charge in [0, 0.05) is 12.3 Å². The lowest BCUT2D eigenvalue weighted by atomic mass is 9.31. The first-order valence-electron chi connectivity index (χ1n) is 14.5. The second kappa shape index (κ2) is 7.38. The van der Waals surface area contributed by atoms with E-state index >= 15 is 0 Å². The summed E-state index contributed by atoms with van der Waals surface area (Å²) in [4.78, 5) is 11.8. The number of carbonyl (C=O) groups is 1. The van der Waals surface area contributed by atoms with E-state index in [1.807, 2.05) is 0 Å². The van der Waals surface area contributed by atoms with E-state index in [9.17, 15) is 4.79 Å². The van der Waals surface area contributed by atoms with Gasteiger partial charge in [0.05, 0.1) is 0 Å². The van der Waals surface area contributed by atoms with Crippen molar-refractivity contribution in [1.82, 2.24) is 0 Å². The van der Waals surface area contributed by atoms with Crippen molar-refractivity contribution in [3.63, 3.8) is 0 Å². The van der Waals surface area contributed by atoms with Gasteiger partial charge in [0.15, 0.2) is 0 Å². The number of esters is 1. The quantitative estimate of drug-likeness (QED) is 0.284. The van der Waals surface area contributed by atoms with Crippen LogP contribution in [0, 0.1) is 50.2 Å². The molecule has 0 radical (unpaired) electrons. The molecule has 0 aromatic rings. The molecular weight excluding hydrogens is 416 g/mol. The Morgan fingerprint density at radius 3 is 2.12 bits per heavy atom. The topological polar surface area (TPSA) is 26.3 Å². The maximum atomic E-state index is 11.8. The van der Waals surface area contributed by atoms with Crippen LogP contribution in [-0.2, 0) is 9.53 Å². The minimum atomic E-state index is -0.126. The van der Waals surface area contributed by atoms with Gasteiger partial charge in [-0.2, -0.15) is 0 Å². The third kappa shape index (κ3) is 3.21. The molecule has 8 atom stereocenters. The van der Waals surface area contributed by atoms with E-state index in [1.54, 1.807) is 12.5 Å². The molecule has 4 unspecified atom stereocenters. The van der Waals surface area contributed by atoms with Gasteiger partial charge in [-0.25, -0.2) is 0 Å². The van der Waals surface area contributed by atoms with Crippen molar-refractivity contribution in [2.75, 3.05) is 0 Å². The van der Waals surface area contributed by atoms with Gasteiger partial charge in [-0.15, -0.1) is 0 Å². The second-order valence-corrected chi connectivity index (χ2v) is 15.8. The molecule has 2 heteroatoms. The molecule has 0 aromatic heterocycles. The van der Waals surface area contributed by atoms with E-state index in [2.05, 4.69) is 61.5 Å². The van der Waals surface area contributed by atoms with Crippen LogP contribution in [0.5, 0.6) is 0 Å². The Labute approximate surface area is 210 Å². The monoisotopic (exact) mass is 468 g/mol. The smallest absolute Gasteiger partial charge is 0.302 e. The first-order chi connectivity index (χ1) is 15.6. The van der Waals surface area contributed by atoms with Crippen LogP contribution in [0.2, 0.25) is 0 Å². The highest BCUT2D eigenvalue weighted by molar-refractivity contribution is 5.66. The Morgan fingerprint density at radius 1 is 0.824 bits per heavy atom. The number of fused-ring (bicyclic) bond motifs is 7. The third-order valence-corrected chi connectivity index (χ3v) is 13.3. The summed E-state index contributed by atoms with van der Waals surface area (Å²) in [6.07, 6.45) is 15.9. The van der Waals surface area contributed by atoms with Gasteiger partial charge < -0.3 is 4.74 Å². The first kappa shape index (κ1) is 24.9. The zero-order valence-corrected chi connectivity index (χ0v) is 23.8. The van der Waals surface area contributed by atoms with Gasteiger partial charge in [-0.1, -0.05) is 67.0 Å². The van der Waals surface area contributed by atoms with Crippen molar-refractivity contribution < 1.29 is 9.53 Å². The fourth-order valence-electron chi connectivity index (χ4n) is 10.8. The number of carbonyl (C=O) groups excluding carboxylic acids is 1. The summed E-state index contributed by atoms with van der Waals surface area (Å²) in [5.41, 5.74) is 3.81. The van der Waals surface area contributed by atoms with E-state index in [1.165, 1.54) is 57.8 Å². The Bertz CT molecular complexity index is 897. The normalized spacial score (nSPS) is 51.1. The predicted molar refractivity (Wildman–Crippen MR) is 140 cm³/mol. The summed E-state index contributed by atoms with van der Waals surface area (Å²) in [6, 6.07) is 0. The summed E-state index contributed by atoms with van der Waals surface area (Å²) in [6.45, 7) is 22.1. The van der Waals surface area contributed by atoms with Crippen LogP contribution in [0.1, 0.15) is 127 Å². The van der Waals surface area contributed by atoms with Gasteiger partial charge in [0.1, 0.15) is 6.10 Å². The average Bonchev–Trinajstić information content (AvgIpc) is 2.73. The SMILES string of the molecule is CC(=O)OC1CCC2C(=CCC3[C@@]2(C)CC[C@@]2(C)C4CC(C)(C)CC[C@]4(C)CC[C@]32C)C1(C)C. The predicted octanol–water partition coefficient (Wildman–Crippen LogP) is 8.74. The fraction of sp³-hybridized carbons (Fsp3) is 0.906. The lowest BCUT2D eigenvalue weighted by Gasteiger charge is -2.73. The largest absolute Gasteiger partial charge is 0.462 e. The second-order valence-electron chi connectivity index (χ2n) is 15.8. The summed E-state index contributed by atoms with van der Waals surface area (Å²) >= 11 is 0. The number of allylic oxidation sites excluding steroid dienone is 1. The van der Waals surface area contributed by atoms with E-state index < -0.39 is 0 Å². The molecule has 0 saturated heterocycles. The molecule has 0 bridgehead atoms. The molecule has 4 fully saturated rings. The average molecular weight is 469 g/mol. The Morgan fingerprint density at radius 2 is 1.44 bits per heavy atom. The standard InChI is InChI=1S/C32H52O2/c1-21(33)34-26-13-11-23-22(28(26,4)5)10-12-24-30(23,7)17-19-32(9)25-20-27(2,3)14-15-29(25,6)16-18-31(24,32)8/h10,23-26H,11-20H2,1-9H3/t23?,24?,25?,26?,29-,30+,31-,32+/m1/s1. The van der Waals surface area contributed by atoms with Gasteiger partial charge in [-0.05, 0) is 109 Å². The number of hydrogen-bond acceptors (Lipinski definition) is 2. The highest BCUT2D eigenvalue weighted by Crippen LogP contribution is 2.77. The number of hydrogen-bond donors (Lipinski definition) is 0. The molecule has 5 aliphatic rings. The molecule has 192 valence electrons. The Hall–Kier alpha value is -0.790. The van der Waals surface area contributed by atoms with E-state index in [4.69, 9.17) is 4.74 Å². The zero-order chi connectivity index (χ0) is 24.9. The summed E-state index contributed by atoms with van der Waals surface area (Å²) in [5, 5.41) is 0. The molecule has 2 nitrogen and oxygen atoms in total. The van der Waals surface area contributed by atoms with Gasteiger partial charge in [0.2, 0.25) is 0 Å². The number of rotatable bonds is 1. The van der Waals surface area contributed by atoms with Crippen molar-refractivity contribution in [2.24, 2.45) is 50.2 Å². The van der Waals surface area contributed by atoms with Gasteiger partial charge in [0.25, 0.3) is 0 Å². The van der Waals surface area contributed by atoms with Crippen molar-refractivity contribution in [1.29, 1.82) is 0 Å². The van der Waals surface area contributed by atoms with Crippen LogP contribution in [0.4, 0.5) is 0 Å². The minimum Gasteiger partial charge on any atom is -0.462 e. The molecular formula is C32H52O2. The molecule has 34 heavy (non-hydrogen) atoms. The number of ether oxygens (including phenoxy) is 1. The molecule has 0 amide bonds. The maximum Gasteiger partial charge on any atom is 0.302 e. The lowest BCUT2D eigenvalue weighted by molar-refractivity contribution is -0.231. The van der Waals surface area contributed by atoms with Crippen LogP contribution >= 0.6 is 0 Å². The summed E-state index contributed by atoms with van der Waals surface area (Å²) in [7, 11) is 0. The summed E-state index contributed by atoms with van der Waals surface area (Å²) in [5.74, 6) is 2.14. The van der Waals surface area contributed by atoms with Gasteiger partial charge >= 0.3 is 5.97 Å². The van der Waals surface area contributed by atoms with E-state index in [-0.39, 0.29) is 17.5 Å². The van der Waals surface area contributed by atoms with Crippen LogP contribution in [0.25, 0.3) is 0 Å². The lowest BCUT2D eigenvalue weighted by Crippen LogP contribution is -2.65. The molecule has 0 N–H and O–H groups in total. The molecule has 5 aliphatic carbocycles. The highest BCUT2D eigenvalue weighted by atomic mass is 16.5. The molecule has 0 spiro atoms. The van der Waals surface area contributed by atoms with Crippen molar-refractivity contribution in [3.05, 3.63) is 11.6 Å². The van der Waals surface area contributed by atoms with Crippen LogP contribution < -0.4 is 0 Å². The molecule has 4 saturated carbocycles. The first-order valence-corrected chi connectivity index (χ1v) is 14.5. The molecule has 5 rings (SSSR count). The third-order valence-electron chi connectivity index (χ3n) is 13.3. The maximum absolute atomic E-state index is 11.8. The highest BCUT2D eigenvalue weighted by Gasteiger charge is 2.69. The molecule has 0 aromatic carbocycles. The van der Waals surface area contributed by atoms with Gasteiger partial charge in [-0.3, -0.25) is 4.79 Å². The van der Waals surface area contributed by atoms with Crippen molar-refractivity contribution in [2.45, 2.75) is 133 Å². The zero-order valence-electron chi connectivity index (χ0n) is 23.8. The van der Waals surface area contributed by atoms with Crippen molar-refractivity contribution in [3.8, 4) is 0 Å². The fourth-order valence-corrected chi connectivity index (χ4v) is 10.8. The van der Waals surface area contributed by atoms with E-state index in [0.717, 1.165) is 18.3 Å². The minimum absolute atomic E-state index is 0.0250.